The van der Waals surface area contributed by atoms with Gasteiger partial charge in [0.15, 0.2) is 0 Å². The molecule has 0 radical (unpaired) electrons. The Hall–Kier alpha value is -1.07. The predicted molar refractivity (Wildman–Crippen MR) is 84.7 cm³/mol. The fourth-order valence-electron chi connectivity index (χ4n) is 2.43. The molecular weight excluding hydrogens is 251 g/mol. The number of benzene rings is 1. The zero-order valence-corrected chi connectivity index (χ0v) is 13.3. The molecule has 0 N–H and O–H groups in total. The van der Waals surface area contributed by atoms with Crippen LogP contribution in [0.15, 0.2) is 47.0 Å². The minimum absolute atomic E-state index is 0.451. The van der Waals surface area contributed by atoms with Gasteiger partial charge in [-0.2, -0.15) is 0 Å². The minimum Gasteiger partial charge on any atom is -0.480 e. The number of aryl methyl sites for hydroxylation is 1. The normalized spacial score (nSPS) is 18.7. The Balaban J connectivity index is 2.02. The molecule has 0 aromatic heterocycles. The quantitative estimate of drug-likeness (QED) is 0.517. The predicted octanol–water partition coefficient (Wildman–Crippen LogP) is 5.54. The number of hydrogen-bond acceptors (Lipinski definition) is 1. The summed E-state index contributed by atoms with van der Waals surface area (Å²) < 4.78 is 5.75. The fraction of sp³-hybridized carbons (Fsp3) is 0.412. The van der Waals surface area contributed by atoms with E-state index in [1.807, 2.05) is 6.26 Å². The molecule has 0 bridgehead atoms. The molecule has 102 valence electrons. The summed E-state index contributed by atoms with van der Waals surface area (Å²) in [4.78, 5) is 0. The van der Waals surface area contributed by atoms with Crippen LogP contribution in [0.2, 0.25) is 0 Å². The lowest BCUT2D eigenvalue weighted by Gasteiger charge is -2.13. The monoisotopic (exact) mass is 274 g/mol. The highest BCUT2D eigenvalue weighted by molar-refractivity contribution is 7.37. The average Bonchev–Trinajstić information content (AvgIpc) is 2.82. The lowest BCUT2D eigenvalue weighted by atomic mass is 9.95. The third-order valence-electron chi connectivity index (χ3n) is 3.89. The molecule has 0 heterocycles. The SMILES string of the molecule is CC(C)=C(C)PO/C=C(/C)C1CCc2ccccc21. The number of allylic oxidation sites excluding steroid dienone is 3. The lowest BCUT2D eigenvalue weighted by molar-refractivity contribution is 0.537. The highest BCUT2D eigenvalue weighted by Gasteiger charge is 2.23. The number of fused-ring (bicyclic) bond motifs is 1. The van der Waals surface area contributed by atoms with Crippen molar-refractivity contribution >= 4 is 8.81 Å². The first kappa shape index (κ1) is 14.3. The van der Waals surface area contributed by atoms with Crippen molar-refractivity contribution in [3.05, 3.63) is 58.1 Å². The Bertz CT molecular complexity index is 510. The van der Waals surface area contributed by atoms with Crippen LogP contribution in [-0.2, 0) is 10.9 Å². The summed E-state index contributed by atoms with van der Waals surface area (Å²) >= 11 is 0. The van der Waals surface area contributed by atoms with Crippen LogP contribution in [-0.4, -0.2) is 0 Å². The van der Waals surface area contributed by atoms with Gasteiger partial charge >= 0.3 is 0 Å². The first-order valence-corrected chi connectivity index (χ1v) is 7.80. The Kier molecular flexibility index (Phi) is 4.82. The van der Waals surface area contributed by atoms with E-state index in [2.05, 4.69) is 52.0 Å². The van der Waals surface area contributed by atoms with Crippen LogP contribution < -0.4 is 0 Å². The van der Waals surface area contributed by atoms with E-state index in [9.17, 15) is 0 Å². The molecule has 1 aliphatic carbocycles. The first-order chi connectivity index (χ1) is 9.09. The van der Waals surface area contributed by atoms with Crippen molar-refractivity contribution < 1.29 is 4.52 Å². The molecule has 1 nitrogen and oxygen atoms in total. The van der Waals surface area contributed by atoms with Gasteiger partial charge in [0.2, 0.25) is 0 Å². The minimum atomic E-state index is 0.451. The Labute approximate surface area is 118 Å². The van der Waals surface area contributed by atoms with E-state index >= 15 is 0 Å². The van der Waals surface area contributed by atoms with Crippen LogP contribution in [0.25, 0.3) is 0 Å². The zero-order valence-electron chi connectivity index (χ0n) is 12.3. The largest absolute Gasteiger partial charge is 0.480 e. The van der Waals surface area contributed by atoms with Crippen molar-refractivity contribution in [3.8, 4) is 0 Å². The van der Waals surface area contributed by atoms with Gasteiger partial charge in [0, 0.05) is 5.92 Å². The second kappa shape index (κ2) is 6.39. The van der Waals surface area contributed by atoms with Crippen LogP contribution in [0.1, 0.15) is 51.2 Å². The maximum atomic E-state index is 5.75. The topological polar surface area (TPSA) is 9.23 Å². The summed E-state index contributed by atoms with van der Waals surface area (Å²) in [6, 6.07) is 8.78. The molecule has 0 saturated carbocycles. The standard InChI is InChI=1S/C17H23OP/c1-12(2)14(4)19-18-11-13(3)16-10-9-15-7-5-6-8-17(15)16/h5-8,11,16,19H,9-10H2,1-4H3/b13-11-. The van der Waals surface area contributed by atoms with Crippen LogP contribution in [0, 0.1) is 0 Å². The summed E-state index contributed by atoms with van der Waals surface area (Å²) in [6.07, 6.45) is 4.38. The van der Waals surface area contributed by atoms with Crippen molar-refractivity contribution in [2.45, 2.75) is 46.5 Å². The van der Waals surface area contributed by atoms with Gasteiger partial charge in [-0.15, -0.1) is 0 Å². The summed E-state index contributed by atoms with van der Waals surface area (Å²) in [6.45, 7) is 8.60. The van der Waals surface area contributed by atoms with Crippen LogP contribution in [0.3, 0.4) is 0 Å². The van der Waals surface area contributed by atoms with E-state index in [1.165, 1.54) is 40.4 Å². The second-order valence-corrected chi connectivity index (χ2v) is 6.69. The molecule has 0 spiro atoms. The van der Waals surface area contributed by atoms with Gasteiger partial charge in [0.05, 0.1) is 15.1 Å². The summed E-state index contributed by atoms with van der Waals surface area (Å²) in [5, 5.41) is 1.34. The summed E-state index contributed by atoms with van der Waals surface area (Å²) in [5.74, 6) is 0.549. The molecule has 0 amide bonds. The van der Waals surface area contributed by atoms with Gasteiger partial charge in [0.25, 0.3) is 0 Å². The summed E-state index contributed by atoms with van der Waals surface area (Å²) in [5.41, 5.74) is 5.69. The van der Waals surface area contributed by atoms with Crippen molar-refractivity contribution in [1.29, 1.82) is 0 Å². The molecular formula is C17H23OP. The van der Waals surface area contributed by atoms with E-state index in [1.54, 1.807) is 0 Å². The van der Waals surface area contributed by atoms with Crippen molar-refractivity contribution in [2.75, 3.05) is 0 Å². The van der Waals surface area contributed by atoms with E-state index in [0.29, 0.717) is 14.7 Å². The highest BCUT2D eigenvalue weighted by Crippen LogP contribution is 2.38. The molecule has 2 unspecified atom stereocenters. The second-order valence-electron chi connectivity index (χ2n) is 5.50. The first-order valence-electron chi connectivity index (χ1n) is 6.90. The molecule has 0 saturated heterocycles. The molecule has 1 aromatic carbocycles. The molecule has 2 atom stereocenters. The Morgan fingerprint density at radius 2 is 1.95 bits per heavy atom. The van der Waals surface area contributed by atoms with E-state index in [-0.39, 0.29) is 0 Å². The molecule has 0 fully saturated rings. The van der Waals surface area contributed by atoms with Crippen LogP contribution in [0.5, 0.6) is 0 Å². The number of hydrogen-bond donors (Lipinski definition) is 0. The fourth-order valence-corrected chi connectivity index (χ4v) is 3.05. The number of rotatable bonds is 4. The summed E-state index contributed by atoms with van der Waals surface area (Å²) in [7, 11) is 0.451. The third kappa shape index (κ3) is 3.48. The van der Waals surface area contributed by atoms with E-state index < -0.39 is 0 Å². The van der Waals surface area contributed by atoms with Crippen molar-refractivity contribution in [2.24, 2.45) is 0 Å². The zero-order chi connectivity index (χ0) is 13.8. The van der Waals surface area contributed by atoms with Crippen molar-refractivity contribution in [1.82, 2.24) is 0 Å². The average molecular weight is 274 g/mol. The van der Waals surface area contributed by atoms with Crippen LogP contribution >= 0.6 is 8.81 Å². The lowest BCUT2D eigenvalue weighted by Crippen LogP contribution is -1.95. The molecule has 1 aliphatic rings. The third-order valence-corrected chi connectivity index (χ3v) is 4.93. The Morgan fingerprint density at radius 1 is 1.21 bits per heavy atom. The van der Waals surface area contributed by atoms with Gasteiger partial charge in [0.1, 0.15) is 0 Å². The maximum absolute atomic E-state index is 5.75. The van der Waals surface area contributed by atoms with Gasteiger partial charge in [-0.3, -0.25) is 0 Å². The molecule has 0 aliphatic heterocycles. The maximum Gasteiger partial charge on any atom is 0.0992 e. The molecule has 1 aromatic rings. The Morgan fingerprint density at radius 3 is 2.68 bits per heavy atom. The molecule has 2 rings (SSSR count). The van der Waals surface area contributed by atoms with Gasteiger partial charge in [-0.1, -0.05) is 29.8 Å². The highest BCUT2D eigenvalue weighted by atomic mass is 31.1. The van der Waals surface area contributed by atoms with E-state index in [0.717, 1.165) is 0 Å². The smallest absolute Gasteiger partial charge is 0.0992 e. The van der Waals surface area contributed by atoms with Crippen molar-refractivity contribution in [3.63, 3.8) is 0 Å². The van der Waals surface area contributed by atoms with Gasteiger partial charge in [-0.05, 0) is 62.6 Å². The van der Waals surface area contributed by atoms with Crippen LogP contribution in [0.4, 0.5) is 0 Å². The molecule has 2 heteroatoms. The van der Waals surface area contributed by atoms with Gasteiger partial charge < -0.3 is 4.52 Å². The van der Waals surface area contributed by atoms with Gasteiger partial charge in [-0.25, -0.2) is 0 Å². The van der Waals surface area contributed by atoms with E-state index in [4.69, 9.17) is 4.52 Å². The molecule has 19 heavy (non-hydrogen) atoms.